The van der Waals surface area contributed by atoms with Gasteiger partial charge in [-0.15, -0.1) is 0 Å². The highest BCUT2D eigenvalue weighted by molar-refractivity contribution is 5.34. The molecule has 0 saturated carbocycles. The van der Waals surface area contributed by atoms with E-state index in [1.807, 2.05) is 38.6 Å². The minimum absolute atomic E-state index is 0.0505. The van der Waals surface area contributed by atoms with E-state index < -0.39 is 5.41 Å². The molecule has 19 heavy (non-hydrogen) atoms. The fraction of sp³-hybridized carbons (Fsp3) is 0.643. The molecule has 0 amide bonds. The van der Waals surface area contributed by atoms with E-state index in [4.69, 9.17) is 5.26 Å². The Balaban J connectivity index is 2.78. The van der Waals surface area contributed by atoms with Gasteiger partial charge in [0.2, 0.25) is 0 Å². The van der Waals surface area contributed by atoms with Crippen LogP contribution in [-0.4, -0.2) is 46.5 Å². The van der Waals surface area contributed by atoms with E-state index in [-0.39, 0.29) is 13.2 Å². The lowest BCUT2D eigenvalue weighted by Crippen LogP contribution is -2.38. The van der Waals surface area contributed by atoms with E-state index in [9.17, 15) is 10.2 Å². The van der Waals surface area contributed by atoms with Crippen molar-refractivity contribution in [3.05, 3.63) is 23.0 Å². The first kappa shape index (κ1) is 15.7. The Labute approximate surface area is 114 Å². The Kier molecular flexibility index (Phi) is 5.12. The van der Waals surface area contributed by atoms with Crippen molar-refractivity contribution >= 4 is 0 Å². The highest BCUT2D eigenvalue weighted by atomic mass is 16.3. The molecule has 1 rings (SSSR count). The second-order valence-electron chi connectivity index (χ2n) is 5.61. The van der Waals surface area contributed by atoms with Gasteiger partial charge in [0.25, 0.3) is 0 Å². The summed E-state index contributed by atoms with van der Waals surface area (Å²) in [5.41, 5.74) is 2.31. The fourth-order valence-corrected chi connectivity index (χ4v) is 2.18. The Hall–Kier alpha value is -1.35. The van der Waals surface area contributed by atoms with Gasteiger partial charge >= 0.3 is 0 Å². The molecule has 0 aliphatic heterocycles. The Morgan fingerprint density at radius 2 is 2.00 bits per heavy atom. The summed E-state index contributed by atoms with van der Waals surface area (Å²) >= 11 is 0. The predicted molar refractivity (Wildman–Crippen MR) is 73.5 cm³/mol. The van der Waals surface area contributed by atoms with E-state index >= 15 is 0 Å². The Morgan fingerprint density at radius 1 is 1.42 bits per heavy atom. The first-order chi connectivity index (χ1) is 8.86. The maximum absolute atomic E-state index is 9.31. The zero-order chi connectivity index (χ0) is 14.6. The van der Waals surface area contributed by atoms with Crippen molar-refractivity contribution in [1.29, 1.82) is 5.26 Å². The zero-order valence-electron chi connectivity index (χ0n) is 12.1. The molecular formula is C14H23N3O2. The van der Waals surface area contributed by atoms with Crippen LogP contribution in [0.25, 0.3) is 0 Å². The number of nitrogens with zero attached hydrogens (tertiary/aromatic N) is 3. The van der Waals surface area contributed by atoms with Gasteiger partial charge < -0.3 is 19.7 Å². The number of hydrogen-bond donors (Lipinski definition) is 2. The quantitative estimate of drug-likeness (QED) is 0.791. The summed E-state index contributed by atoms with van der Waals surface area (Å²) in [7, 11) is 3.82. The third-order valence-corrected chi connectivity index (χ3v) is 3.61. The molecule has 5 heteroatoms. The van der Waals surface area contributed by atoms with Crippen LogP contribution < -0.4 is 0 Å². The monoisotopic (exact) mass is 265 g/mol. The number of hydrogen-bond acceptors (Lipinski definition) is 4. The van der Waals surface area contributed by atoms with E-state index in [1.54, 1.807) is 0 Å². The molecule has 1 heterocycles. The summed E-state index contributed by atoms with van der Waals surface area (Å²) in [4.78, 5) is 2.05. The summed E-state index contributed by atoms with van der Waals surface area (Å²) in [5, 5.41) is 27.6. The molecule has 1 aromatic heterocycles. The van der Waals surface area contributed by atoms with E-state index in [2.05, 4.69) is 11.0 Å². The molecule has 1 aromatic rings. The standard InChI is InChI=1S/C14H23N3O2/c1-11-12(5-13(6-15)17(11)4)7-16(3)8-14(2,9-18)10-19/h5,18-19H,7-10H2,1-4H3. The maximum atomic E-state index is 9.31. The van der Waals surface area contributed by atoms with E-state index in [0.717, 1.165) is 11.3 Å². The van der Waals surface area contributed by atoms with Crippen LogP contribution in [0.5, 0.6) is 0 Å². The van der Waals surface area contributed by atoms with Gasteiger partial charge in [0, 0.05) is 31.2 Å². The molecule has 0 fully saturated rings. The second-order valence-corrected chi connectivity index (χ2v) is 5.61. The van der Waals surface area contributed by atoms with Crippen molar-refractivity contribution in [2.24, 2.45) is 12.5 Å². The van der Waals surface area contributed by atoms with Crippen LogP contribution in [0.3, 0.4) is 0 Å². The molecule has 2 N–H and O–H groups in total. The van der Waals surface area contributed by atoms with Crippen LogP contribution in [0.2, 0.25) is 0 Å². The molecule has 0 aliphatic rings. The van der Waals surface area contributed by atoms with Gasteiger partial charge in [-0.1, -0.05) is 6.92 Å². The largest absolute Gasteiger partial charge is 0.396 e. The van der Waals surface area contributed by atoms with E-state index in [0.29, 0.717) is 18.8 Å². The highest BCUT2D eigenvalue weighted by Gasteiger charge is 2.24. The lowest BCUT2D eigenvalue weighted by molar-refractivity contribution is 0.0401. The van der Waals surface area contributed by atoms with Crippen LogP contribution in [0, 0.1) is 23.7 Å². The molecule has 0 atom stereocenters. The molecule has 0 radical (unpaired) electrons. The smallest absolute Gasteiger partial charge is 0.120 e. The topological polar surface area (TPSA) is 72.4 Å². The van der Waals surface area contributed by atoms with Crippen LogP contribution in [0.15, 0.2) is 6.07 Å². The minimum atomic E-state index is -0.504. The van der Waals surface area contributed by atoms with Gasteiger partial charge in [-0.05, 0) is 25.6 Å². The maximum Gasteiger partial charge on any atom is 0.120 e. The molecule has 0 spiro atoms. The normalized spacial score (nSPS) is 11.9. The van der Waals surface area contributed by atoms with Crippen molar-refractivity contribution in [2.45, 2.75) is 20.4 Å². The van der Waals surface area contributed by atoms with Gasteiger partial charge in [-0.2, -0.15) is 5.26 Å². The summed E-state index contributed by atoms with van der Waals surface area (Å²) in [5.74, 6) is 0. The van der Waals surface area contributed by atoms with Crippen molar-refractivity contribution in [3.63, 3.8) is 0 Å². The first-order valence-corrected chi connectivity index (χ1v) is 6.32. The van der Waals surface area contributed by atoms with Crippen LogP contribution in [0.4, 0.5) is 0 Å². The second kappa shape index (κ2) is 6.20. The third kappa shape index (κ3) is 3.57. The van der Waals surface area contributed by atoms with Crippen LogP contribution >= 0.6 is 0 Å². The molecule has 106 valence electrons. The molecule has 0 saturated heterocycles. The summed E-state index contributed by atoms with van der Waals surface area (Å²) < 4.78 is 1.88. The molecule has 0 unspecified atom stereocenters. The summed E-state index contributed by atoms with van der Waals surface area (Å²) in [6.45, 7) is 5.02. The van der Waals surface area contributed by atoms with Crippen molar-refractivity contribution in [2.75, 3.05) is 26.8 Å². The first-order valence-electron chi connectivity index (χ1n) is 6.32. The van der Waals surface area contributed by atoms with E-state index in [1.165, 1.54) is 0 Å². The molecule has 0 aromatic carbocycles. The Morgan fingerprint density at radius 3 is 2.42 bits per heavy atom. The van der Waals surface area contributed by atoms with Gasteiger partial charge in [-0.25, -0.2) is 0 Å². The molecule has 0 bridgehead atoms. The van der Waals surface area contributed by atoms with Gasteiger partial charge in [0.1, 0.15) is 11.8 Å². The number of rotatable bonds is 6. The number of aliphatic hydroxyl groups excluding tert-OH is 2. The fourth-order valence-electron chi connectivity index (χ4n) is 2.18. The summed E-state index contributed by atoms with van der Waals surface area (Å²) in [6.07, 6.45) is 0. The van der Waals surface area contributed by atoms with Crippen molar-refractivity contribution in [3.8, 4) is 6.07 Å². The average molecular weight is 265 g/mol. The van der Waals surface area contributed by atoms with Crippen molar-refractivity contribution < 1.29 is 10.2 Å². The SMILES string of the molecule is Cc1c(CN(C)CC(C)(CO)CO)cc(C#N)n1C. The van der Waals surface area contributed by atoms with Gasteiger partial charge in [-0.3, -0.25) is 0 Å². The third-order valence-electron chi connectivity index (χ3n) is 3.61. The predicted octanol–water partition coefficient (Wildman–Crippen LogP) is 0.628. The number of aromatic nitrogens is 1. The molecular weight excluding hydrogens is 242 g/mol. The highest BCUT2D eigenvalue weighted by Crippen LogP contribution is 2.19. The number of aliphatic hydroxyl groups is 2. The lowest BCUT2D eigenvalue weighted by Gasteiger charge is -2.30. The van der Waals surface area contributed by atoms with Crippen LogP contribution in [-0.2, 0) is 13.6 Å². The average Bonchev–Trinajstić information content (AvgIpc) is 2.66. The number of nitriles is 1. The summed E-state index contributed by atoms with van der Waals surface area (Å²) in [6, 6.07) is 4.05. The van der Waals surface area contributed by atoms with Gasteiger partial charge in [0.05, 0.1) is 13.2 Å². The Bertz CT molecular complexity index is 470. The molecule has 5 nitrogen and oxygen atoms in total. The minimum Gasteiger partial charge on any atom is -0.396 e. The van der Waals surface area contributed by atoms with Crippen LogP contribution in [0.1, 0.15) is 23.9 Å². The van der Waals surface area contributed by atoms with Crippen molar-refractivity contribution in [1.82, 2.24) is 9.47 Å². The zero-order valence-corrected chi connectivity index (χ0v) is 12.1. The lowest BCUT2D eigenvalue weighted by atomic mass is 9.92. The van der Waals surface area contributed by atoms with Gasteiger partial charge in [0.15, 0.2) is 0 Å². The molecule has 0 aliphatic carbocycles.